The van der Waals surface area contributed by atoms with Crippen LogP contribution >= 0.6 is 15.9 Å². The Hall–Kier alpha value is -2.28. The maximum atomic E-state index is 11.7. The third-order valence-corrected chi connectivity index (χ3v) is 3.01. The number of benzene rings is 1. The second-order valence-corrected chi connectivity index (χ2v) is 4.84. The number of halogens is 1. The first-order valence-electron chi connectivity index (χ1n) is 6.06. The van der Waals surface area contributed by atoms with Crippen LogP contribution in [0.5, 0.6) is 5.75 Å². The van der Waals surface area contributed by atoms with Crippen LogP contribution in [0, 0.1) is 0 Å². The van der Waals surface area contributed by atoms with Gasteiger partial charge in [-0.25, -0.2) is 0 Å². The molecule has 0 bridgehead atoms. The Morgan fingerprint density at radius 1 is 1.19 bits per heavy atom. The number of hydrogen-bond acceptors (Lipinski definition) is 4. The molecule has 6 nitrogen and oxygen atoms in total. The Balaban J connectivity index is 1.82. The second kappa shape index (κ2) is 6.94. The maximum Gasteiger partial charge on any atom is 0.287 e. The van der Waals surface area contributed by atoms with Crippen LogP contribution in [0.3, 0.4) is 0 Å². The number of hydrogen-bond donors (Lipinski definition) is 2. The molecule has 21 heavy (non-hydrogen) atoms. The van der Waals surface area contributed by atoms with E-state index >= 15 is 0 Å². The summed E-state index contributed by atoms with van der Waals surface area (Å²) in [6, 6.07) is 10.0. The molecule has 0 saturated heterocycles. The molecule has 0 spiro atoms. The molecule has 0 unspecified atom stereocenters. The van der Waals surface area contributed by atoms with Gasteiger partial charge in [-0.3, -0.25) is 9.59 Å². The van der Waals surface area contributed by atoms with Crippen molar-refractivity contribution in [2.75, 3.05) is 19.0 Å². The summed E-state index contributed by atoms with van der Waals surface area (Å²) in [6.45, 7) is -0.150. The van der Waals surface area contributed by atoms with E-state index in [1.807, 2.05) is 0 Å². The summed E-state index contributed by atoms with van der Waals surface area (Å²) >= 11 is 3.10. The summed E-state index contributed by atoms with van der Waals surface area (Å²) in [5.41, 5.74) is 0.621. The van der Waals surface area contributed by atoms with E-state index in [1.54, 1.807) is 37.4 Å². The molecule has 2 N–H and O–H groups in total. The molecule has 1 aromatic carbocycles. The second-order valence-electron chi connectivity index (χ2n) is 4.06. The molecule has 2 aromatic rings. The molecule has 0 radical (unpaired) electrons. The van der Waals surface area contributed by atoms with Gasteiger partial charge in [-0.1, -0.05) is 0 Å². The minimum Gasteiger partial charge on any atom is -0.497 e. The van der Waals surface area contributed by atoms with Gasteiger partial charge in [-0.15, -0.1) is 0 Å². The van der Waals surface area contributed by atoms with Crippen molar-refractivity contribution >= 4 is 33.4 Å². The summed E-state index contributed by atoms with van der Waals surface area (Å²) in [7, 11) is 1.57. The van der Waals surface area contributed by atoms with Gasteiger partial charge < -0.3 is 19.8 Å². The van der Waals surface area contributed by atoms with Gasteiger partial charge in [0.2, 0.25) is 5.91 Å². The number of carbonyl (C=O) groups is 2. The first-order chi connectivity index (χ1) is 10.1. The van der Waals surface area contributed by atoms with Crippen molar-refractivity contribution in [1.82, 2.24) is 5.32 Å². The SMILES string of the molecule is COc1ccc(NC(=O)CNC(=O)c2ccc(Br)o2)cc1. The molecule has 0 aliphatic carbocycles. The molecule has 0 atom stereocenters. The van der Waals surface area contributed by atoms with Gasteiger partial charge >= 0.3 is 0 Å². The highest BCUT2D eigenvalue weighted by molar-refractivity contribution is 9.10. The van der Waals surface area contributed by atoms with E-state index in [0.29, 0.717) is 16.1 Å². The lowest BCUT2D eigenvalue weighted by Crippen LogP contribution is -2.32. The van der Waals surface area contributed by atoms with Gasteiger partial charge in [0.1, 0.15) is 5.75 Å². The van der Waals surface area contributed by atoms with E-state index in [1.165, 1.54) is 6.07 Å². The summed E-state index contributed by atoms with van der Waals surface area (Å²) in [4.78, 5) is 23.4. The number of furan rings is 1. The lowest BCUT2D eigenvalue weighted by molar-refractivity contribution is -0.115. The molecular weight excluding hydrogens is 340 g/mol. The Morgan fingerprint density at radius 3 is 2.48 bits per heavy atom. The lowest BCUT2D eigenvalue weighted by atomic mass is 10.3. The molecule has 2 amide bonds. The Labute approximate surface area is 129 Å². The number of ether oxygens (including phenoxy) is 1. The number of methoxy groups -OCH3 is 1. The topological polar surface area (TPSA) is 80.6 Å². The first kappa shape index (κ1) is 15.1. The fourth-order valence-corrected chi connectivity index (χ4v) is 1.87. The van der Waals surface area contributed by atoms with Crippen molar-refractivity contribution in [3.05, 3.63) is 46.8 Å². The molecule has 7 heteroatoms. The third-order valence-electron chi connectivity index (χ3n) is 2.58. The fourth-order valence-electron chi connectivity index (χ4n) is 1.56. The number of nitrogens with one attached hydrogen (secondary N) is 2. The predicted octanol–water partition coefficient (Wildman–Crippen LogP) is 2.42. The maximum absolute atomic E-state index is 11.7. The number of rotatable bonds is 5. The van der Waals surface area contributed by atoms with Gasteiger partial charge in [-0.2, -0.15) is 0 Å². The molecular formula is C14H13BrN2O4. The highest BCUT2D eigenvalue weighted by atomic mass is 79.9. The van der Waals surface area contributed by atoms with Crippen LogP contribution < -0.4 is 15.4 Å². The number of carbonyl (C=O) groups excluding carboxylic acids is 2. The smallest absolute Gasteiger partial charge is 0.287 e. The quantitative estimate of drug-likeness (QED) is 0.865. The van der Waals surface area contributed by atoms with Crippen LogP contribution in [-0.4, -0.2) is 25.5 Å². The molecule has 1 heterocycles. The molecule has 0 saturated carbocycles. The predicted molar refractivity (Wildman–Crippen MR) is 80.4 cm³/mol. The molecule has 2 rings (SSSR count). The van der Waals surface area contributed by atoms with E-state index in [2.05, 4.69) is 26.6 Å². The summed E-state index contributed by atoms with van der Waals surface area (Å²) in [6.07, 6.45) is 0. The Morgan fingerprint density at radius 2 is 1.90 bits per heavy atom. The average molecular weight is 353 g/mol. The third kappa shape index (κ3) is 4.35. The van der Waals surface area contributed by atoms with E-state index in [0.717, 1.165) is 0 Å². The minimum atomic E-state index is -0.453. The highest BCUT2D eigenvalue weighted by Gasteiger charge is 2.11. The zero-order chi connectivity index (χ0) is 15.2. The standard InChI is InChI=1S/C14H13BrN2O4/c1-20-10-4-2-9(3-5-10)17-13(18)8-16-14(19)11-6-7-12(15)21-11/h2-7H,8H2,1H3,(H,16,19)(H,17,18). The van der Waals surface area contributed by atoms with Crippen molar-refractivity contribution < 1.29 is 18.7 Å². The van der Waals surface area contributed by atoms with Crippen molar-refractivity contribution in [3.63, 3.8) is 0 Å². The zero-order valence-corrected chi connectivity index (χ0v) is 12.8. The normalized spacial score (nSPS) is 10.0. The largest absolute Gasteiger partial charge is 0.497 e. The van der Waals surface area contributed by atoms with Gasteiger partial charge in [0.05, 0.1) is 13.7 Å². The van der Waals surface area contributed by atoms with E-state index < -0.39 is 5.91 Å². The lowest BCUT2D eigenvalue weighted by Gasteiger charge is -2.07. The Bertz CT molecular complexity index is 637. The van der Waals surface area contributed by atoms with Crippen LogP contribution in [-0.2, 0) is 4.79 Å². The molecule has 0 aliphatic heterocycles. The van der Waals surface area contributed by atoms with Crippen LogP contribution in [0.1, 0.15) is 10.6 Å². The van der Waals surface area contributed by atoms with Crippen molar-refractivity contribution in [1.29, 1.82) is 0 Å². The van der Waals surface area contributed by atoms with E-state index in [4.69, 9.17) is 9.15 Å². The van der Waals surface area contributed by atoms with Crippen LogP contribution in [0.2, 0.25) is 0 Å². The number of amides is 2. The van der Waals surface area contributed by atoms with Crippen molar-refractivity contribution in [2.45, 2.75) is 0 Å². The van der Waals surface area contributed by atoms with E-state index in [9.17, 15) is 9.59 Å². The average Bonchev–Trinajstić information content (AvgIpc) is 2.92. The summed E-state index contributed by atoms with van der Waals surface area (Å²) in [5, 5.41) is 5.12. The summed E-state index contributed by atoms with van der Waals surface area (Å²) in [5.74, 6) is 0.0496. The molecule has 110 valence electrons. The van der Waals surface area contributed by atoms with Crippen molar-refractivity contribution in [2.24, 2.45) is 0 Å². The van der Waals surface area contributed by atoms with Crippen LogP contribution in [0.15, 0.2) is 45.5 Å². The van der Waals surface area contributed by atoms with Gasteiger partial charge in [0.25, 0.3) is 5.91 Å². The molecule has 1 aromatic heterocycles. The van der Waals surface area contributed by atoms with E-state index in [-0.39, 0.29) is 18.2 Å². The first-order valence-corrected chi connectivity index (χ1v) is 6.85. The van der Waals surface area contributed by atoms with Crippen molar-refractivity contribution in [3.8, 4) is 5.75 Å². The molecule has 0 aliphatic rings. The van der Waals surface area contributed by atoms with Crippen LogP contribution in [0.4, 0.5) is 5.69 Å². The fraction of sp³-hybridized carbons (Fsp3) is 0.143. The minimum absolute atomic E-state index is 0.138. The van der Waals surface area contributed by atoms with Gasteiger partial charge in [0.15, 0.2) is 10.4 Å². The highest BCUT2D eigenvalue weighted by Crippen LogP contribution is 2.15. The van der Waals surface area contributed by atoms with Gasteiger partial charge in [0, 0.05) is 5.69 Å². The summed E-state index contributed by atoms with van der Waals surface area (Å²) < 4.78 is 10.6. The number of anilines is 1. The molecule has 0 fully saturated rings. The van der Waals surface area contributed by atoms with Crippen LogP contribution in [0.25, 0.3) is 0 Å². The monoisotopic (exact) mass is 352 g/mol. The zero-order valence-electron chi connectivity index (χ0n) is 11.2. The Kier molecular flexibility index (Phi) is 4.99. The van der Waals surface area contributed by atoms with Gasteiger partial charge in [-0.05, 0) is 52.3 Å².